The van der Waals surface area contributed by atoms with E-state index in [0.717, 1.165) is 6.42 Å². The lowest BCUT2D eigenvalue weighted by molar-refractivity contribution is -0.269. The van der Waals surface area contributed by atoms with Crippen molar-refractivity contribution in [3.8, 4) is 5.75 Å². The first-order valence-electron chi connectivity index (χ1n) is 8.90. The minimum Gasteiger partial charge on any atom is -0.495 e. The van der Waals surface area contributed by atoms with Crippen molar-refractivity contribution in [3.05, 3.63) is 28.8 Å². The molecule has 1 aromatic rings. The molecule has 4 nitrogen and oxygen atoms in total. The molecular weight excluding hydrogens is 385 g/mol. The number of benzene rings is 1. The zero-order chi connectivity index (χ0) is 20.3. The fourth-order valence-electron chi connectivity index (χ4n) is 3.93. The van der Waals surface area contributed by atoms with Crippen molar-refractivity contribution >= 4 is 17.6 Å². The first-order valence-corrected chi connectivity index (χ1v) is 9.28. The van der Waals surface area contributed by atoms with Gasteiger partial charge in [0.25, 0.3) is 5.60 Å². The Hall–Kier alpha value is -1.47. The van der Waals surface area contributed by atoms with Crippen molar-refractivity contribution in [3.63, 3.8) is 0 Å². The maximum absolute atomic E-state index is 13.8. The SMILES string of the molecule is CCOC(=O)C(O)(CC1(c2cccc(Cl)c2OC)CCCCC1)C(F)(F)F. The molecule has 1 aromatic carbocycles. The number of aliphatic hydroxyl groups is 1. The molecule has 1 atom stereocenters. The van der Waals surface area contributed by atoms with Gasteiger partial charge in [0, 0.05) is 17.4 Å². The van der Waals surface area contributed by atoms with Crippen LogP contribution in [-0.2, 0) is 14.9 Å². The van der Waals surface area contributed by atoms with Crippen LogP contribution in [0.2, 0.25) is 5.02 Å². The van der Waals surface area contributed by atoms with E-state index in [2.05, 4.69) is 4.74 Å². The lowest BCUT2D eigenvalue weighted by atomic mass is 9.63. The molecule has 1 fully saturated rings. The fraction of sp³-hybridized carbons (Fsp3) is 0.632. The molecule has 0 spiro atoms. The number of halogens is 4. The number of carbonyl (C=O) groups excluding carboxylic acids is 1. The summed E-state index contributed by atoms with van der Waals surface area (Å²) >= 11 is 6.18. The van der Waals surface area contributed by atoms with Crippen LogP contribution in [0.25, 0.3) is 0 Å². The van der Waals surface area contributed by atoms with Crippen LogP contribution in [0.5, 0.6) is 5.75 Å². The minimum absolute atomic E-state index is 0.259. The molecule has 1 saturated carbocycles. The molecule has 1 aliphatic carbocycles. The van der Waals surface area contributed by atoms with Crippen molar-refractivity contribution < 1.29 is 32.5 Å². The number of hydrogen-bond donors (Lipinski definition) is 1. The first-order chi connectivity index (χ1) is 12.6. The summed E-state index contributed by atoms with van der Waals surface area (Å²) in [7, 11) is 1.39. The molecule has 27 heavy (non-hydrogen) atoms. The third-order valence-electron chi connectivity index (χ3n) is 5.23. The van der Waals surface area contributed by atoms with Gasteiger partial charge >= 0.3 is 12.1 Å². The Balaban J connectivity index is 2.59. The average molecular weight is 409 g/mol. The molecule has 1 aliphatic rings. The third-order valence-corrected chi connectivity index (χ3v) is 5.53. The van der Waals surface area contributed by atoms with Gasteiger partial charge in [0.2, 0.25) is 0 Å². The first kappa shape index (κ1) is 21.8. The average Bonchev–Trinajstić information content (AvgIpc) is 2.61. The molecular formula is C19H24ClF3O4. The molecule has 0 heterocycles. The molecule has 152 valence electrons. The Labute approximate surface area is 161 Å². The van der Waals surface area contributed by atoms with E-state index in [1.54, 1.807) is 18.2 Å². The molecule has 0 radical (unpaired) electrons. The van der Waals surface area contributed by atoms with E-state index in [-0.39, 0.29) is 17.4 Å². The summed E-state index contributed by atoms with van der Waals surface area (Å²) in [4.78, 5) is 12.1. The standard InChI is InChI=1S/C19H24ClF3O4/c1-3-27-16(24)18(25,19(21,22)23)12-17(10-5-4-6-11-17)13-8-7-9-14(20)15(13)26-2/h7-9,25H,3-6,10-12H2,1-2H3. The summed E-state index contributed by atoms with van der Waals surface area (Å²) in [5.41, 5.74) is -4.23. The number of carbonyl (C=O) groups is 1. The third kappa shape index (κ3) is 4.19. The van der Waals surface area contributed by atoms with Crippen LogP contribution in [0.3, 0.4) is 0 Å². The van der Waals surface area contributed by atoms with Gasteiger partial charge in [0.05, 0.1) is 18.7 Å². The highest BCUT2D eigenvalue weighted by Gasteiger charge is 2.64. The Morgan fingerprint density at radius 3 is 2.41 bits per heavy atom. The summed E-state index contributed by atoms with van der Waals surface area (Å²) in [6, 6.07) is 4.87. The number of para-hydroxylation sites is 1. The van der Waals surface area contributed by atoms with Crippen LogP contribution >= 0.6 is 11.6 Å². The van der Waals surface area contributed by atoms with Crippen LogP contribution in [0.1, 0.15) is 51.0 Å². The molecule has 0 amide bonds. The predicted octanol–water partition coefficient (Wildman–Crippen LogP) is 4.80. The Morgan fingerprint density at radius 1 is 1.26 bits per heavy atom. The van der Waals surface area contributed by atoms with E-state index in [0.29, 0.717) is 31.2 Å². The van der Waals surface area contributed by atoms with Crippen molar-refractivity contribution in [2.45, 2.75) is 62.6 Å². The van der Waals surface area contributed by atoms with E-state index in [9.17, 15) is 23.1 Å². The van der Waals surface area contributed by atoms with Crippen molar-refractivity contribution in [2.75, 3.05) is 13.7 Å². The van der Waals surface area contributed by atoms with Crippen molar-refractivity contribution in [1.82, 2.24) is 0 Å². The van der Waals surface area contributed by atoms with Crippen LogP contribution in [0, 0.1) is 0 Å². The van der Waals surface area contributed by atoms with Gasteiger partial charge in [0.1, 0.15) is 5.75 Å². The highest BCUT2D eigenvalue weighted by Crippen LogP contribution is 2.52. The van der Waals surface area contributed by atoms with Crippen LogP contribution in [0.15, 0.2) is 18.2 Å². The number of hydrogen-bond acceptors (Lipinski definition) is 4. The largest absolute Gasteiger partial charge is 0.495 e. The van der Waals surface area contributed by atoms with Gasteiger partial charge in [-0.1, -0.05) is 43.0 Å². The van der Waals surface area contributed by atoms with Gasteiger partial charge in [-0.2, -0.15) is 13.2 Å². The molecule has 1 N–H and O–H groups in total. The topological polar surface area (TPSA) is 55.8 Å². The second-order valence-electron chi connectivity index (χ2n) is 6.92. The molecule has 1 unspecified atom stereocenters. The highest BCUT2D eigenvalue weighted by molar-refractivity contribution is 6.32. The molecule has 0 aromatic heterocycles. The zero-order valence-electron chi connectivity index (χ0n) is 15.4. The van der Waals surface area contributed by atoms with Crippen molar-refractivity contribution in [1.29, 1.82) is 0 Å². The number of alkyl halides is 3. The monoisotopic (exact) mass is 408 g/mol. The number of methoxy groups -OCH3 is 1. The van der Waals surface area contributed by atoms with Crippen molar-refractivity contribution in [2.24, 2.45) is 0 Å². The van der Waals surface area contributed by atoms with Gasteiger partial charge in [-0.25, -0.2) is 4.79 Å². The van der Waals surface area contributed by atoms with Crippen LogP contribution < -0.4 is 4.74 Å². The molecule has 2 rings (SSSR count). The van der Waals surface area contributed by atoms with E-state index < -0.39 is 29.6 Å². The Kier molecular flexibility index (Phi) is 6.68. The number of ether oxygens (including phenoxy) is 2. The van der Waals surface area contributed by atoms with E-state index in [1.165, 1.54) is 14.0 Å². The minimum atomic E-state index is -5.17. The number of rotatable bonds is 6. The Morgan fingerprint density at radius 2 is 1.89 bits per heavy atom. The molecule has 0 bridgehead atoms. The maximum Gasteiger partial charge on any atom is 0.428 e. The fourth-order valence-corrected chi connectivity index (χ4v) is 4.18. The van der Waals surface area contributed by atoms with Gasteiger partial charge < -0.3 is 14.6 Å². The van der Waals surface area contributed by atoms with Gasteiger partial charge in [-0.15, -0.1) is 0 Å². The normalized spacial score (nSPS) is 19.2. The van der Waals surface area contributed by atoms with Gasteiger partial charge in [-0.3, -0.25) is 0 Å². The molecule has 0 saturated heterocycles. The van der Waals surface area contributed by atoms with Gasteiger partial charge in [0.15, 0.2) is 0 Å². The van der Waals surface area contributed by atoms with E-state index >= 15 is 0 Å². The van der Waals surface area contributed by atoms with E-state index in [1.807, 2.05) is 0 Å². The summed E-state index contributed by atoms with van der Waals surface area (Å²) in [5.74, 6) is -1.40. The maximum atomic E-state index is 13.8. The Bertz CT molecular complexity index is 671. The summed E-state index contributed by atoms with van der Waals surface area (Å²) in [6.07, 6.45) is -3.04. The molecule has 8 heteroatoms. The smallest absolute Gasteiger partial charge is 0.428 e. The number of esters is 1. The van der Waals surface area contributed by atoms with E-state index in [4.69, 9.17) is 16.3 Å². The second kappa shape index (κ2) is 8.27. The predicted molar refractivity (Wildman–Crippen MR) is 95.0 cm³/mol. The van der Waals surface area contributed by atoms with Crippen LogP contribution in [-0.4, -0.2) is 36.6 Å². The second-order valence-corrected chi connectivity index (χ2v) is 7.32. The lowest BCUT2D eigenvalue weighted by Gasteiger charge is -2.43. The summed E-state index contributed by atoms with van der Waals surface area (Å²) < 4.78 is 51.2. The molecule has 0 aliphatic heterocycles. The highest BCUT2D eigenvalue weighted by atomic mass is 35.5. The quantitative estimate of drug-likeness (QED) is 0.687. The lowest BCUT2D eigenvalue weighted by Crippen LogP contribution is -2.57. The summed E-state index contributed by atoms with van der Waals surface area (Å²) in [5, 5.41) is 10.8. The zero-order valence-corrected chi connectivity index (χ0v) is 16.1. The van der Waals surface area contributed by atoms with Gasteiger partial charge in [-0.05, 0) is 25.8 Å². The summed E-state index contributed by atoms with van der Waals surface area (Å²) in [6.45, 7) is 1.13. The van der Waals surface area contributed by atoms with Crippen LogP contribution in [0.4, 0.5) is 13.2 Å².